The van der Waals surface area contributed by atoms with Crippen molar-refractivity contribution in [2.75, 3.05) is 13.1 Å². The van der Waals surface area contributed by atoms with Crippen LogP contribution in [0.25, 0.3) is 4.96 Å². The highest BCUT2D eigenvalue weighted by atomic mass is 32.1. The van der Waals surface area contributed by atoms with Gasteiger partial charge in [-0.05, 0) is 12.1 Å². The second-order valence-corrected chi connectivity index (χ2v) is 6.69. The molecule has 1 aliphatic heterocycles. The summed E-state index contributed by atoms with van der Waals surface area (Å²) >= 11 is 1.51. The molecule has 0 aromatic carbocycles. The van der Waals surface area contributed by atoms with Crippen LogP contribution in [0.5, 0.6) is 5.88 Å². The summed E-state index contributed by atoms with van der Waals surface area (Å²) in [6.07, 6.45) is 4.89. The van der Waals surface area contributed by atoms with E-state index in [1.54, 1.807) is 10.8 Å². The maximum absolute atomic E-state index is 10.6. The summed E-state index contributed by atoms with van der Waals surface area (Å²) in [5.41, 5.74) is 0. The van der Waals surface area contributed by atoms with E-state index >= 15 is 0 Å². The van der Waals surface area contributed by atoms with Gasteiger partial charge in [-0.3, -0.25) is 0 Å². The standard InChI is InChI=1S/C15H18N4O2S/c1-2-11-16-15-19(17-11)14(20)13(22-15)12(10-6-5-9-21-10)18-7-3-4-8-18/h5-6,9,12,20H,2-4,7-8H2,1H3/p+1/t12-/m1/s1. The smallest absolute Gasteiger partial charge is 0.235 e. The molecular formula is C15H19N4O2S+. The SMILES string of the molecule is CCc1nc2sc([C@@H](c3ccco3)[NH+]3CCCC3)c(O)n2n1. The number of likely N-dealkylation sites (tertiary alicyclic amines) is 1. The van der Waals surface area contributed by atoms with Crippen molar-refractivity contribution in [2.45, 2.75) is 32.2 Å². The molecule has 3 aromatic heterocycles. The summed E-state index contributed by atoms with van der Waals surface area (Å²) in [7, 11) is 0. The Bertz CT molecular complexity index is 771. The molecule has 1 fully saturated rings. The van der Waals surface area contributed by atoms with Crippen LogP contribution in [-0.2, 0) is 6.42 Å². The number of aromatic hydroxyl groups is 1. The van der Waals surface area contributed by atoms with Crippen LogP contribution in [0, 0.1) is 0 Å². The van der Waals surface area contributed by atoms with Crippen LogP contribution in [0.4, 0.5) is 0 Å². The van der Waals surface area contributed by atoms with Gasteiger partial charge in [0.2, 0.25) is 10.8 Å². The largest absolute Gasteiger partial charge is 0.492 e. The second-order valence-electron chi connectivity index (χ2n) is 5.68. The van der Waals surface area contributed by atoms with Crippen LogP contribution < -0.4 is 4.90 Å². The monoisotopic (exact) mass is 319 g/mol. The lowest BCUT2D eigenvalue weighted by Gasteiger charge is -2.21. The molecule has 0 saturated carbocycles. The number of quaternary nitrogens is 1. The number of aromatic nitrogens is 3. The predicted octanol–water partition coefficient (Wildman–Crippen LogP) is 1.42. The molecule has 4 rings (SSSR count). The molecule has 22 heavy (non-hydrogen) atoms. The fraction of sp³-hybridized carbons (Fsp3) is 0.467. The molecule has 6 nitrogen and oxygen atoms in total. The lowest BCUT2D eigenvalue weighted by Crippen LogP contribution is -3.10. The first-order chi connectivity index (χ1) is 10.8. The Morgan fingerprint density at radius 1 is 1.45 bits per heavy atom. The van der Waals surface area contributed by atoms with Gasteiger partial charge in [0.15, 0.2) is 17.6 Å². The van der Waals surface area contributed by atoms with Gasteiger partial charge in [-0.1, -0.05) is 18.3 Å². The molecule has 7 heteroatoms. The van der Waals surface area contributed by atoms with Gasteiger partial charge in [-0.15, -0.1) is 5.10 Å². The fourth-order valence-electron chi connectivity index (χ4n) is 3.22. The molecule has 0 radical (unpaired) electrons. The van der Waals surface area contributed by atoms with E-state index in [9.17, 15) is 5.11 Å². The maximum Gasteiger partial charge on any atom is 0.235 e. The van der Waals surface area contributed by atoms with Gasteiger partial charge in [0.1, 0.15) is 4.88 Å². The van der Waals surface area contributed by atoms with E-state index in [1.165, 1.54) is 29.1 Å². The van der Waals surface area contributed by atoms with Crippen LogP contribution in [0.15, 0.2) is 22.8 Å². The van der Waals surface area contributed by atoms with Gasteiger partial charge >= 0.3 is 0 Å². The van der Waals surface area contributed by atoms with E-state index in [-0.39, 0.29) is 11.9 Å². The summed E-state index contributed by atoms with van der Waals surface area (Å²) in [5, 5.41) is 15.0. The highest BCUT2D eigenvalue weighted by molar-refractivity contribution is 7.17. The van der Waals surface area contributed by atoms with E-state index in [1.807, 2.05) is 19.1 Å². The summed E-state index contributed by atoms with van der Waals surface area (Å²) in [6, 6.07) is 3.92. The van der Waals surface area contributed by atoms with Crippen molar-refractivity contribution in [3.63, 3.8) is 0 Å². The maximum atomic E-state index is 10.6. The normalized spacial score (nSPS) is 17.5. The van der Waals surface area contributed by atoms with Crippen LogP contribution in [0.1, 0.15) is 42.3 Å². The van der Waals surface area contributed by atoms with Crippen molar-refractivity contribution in [3.05, 3.63) is 34.9 Å². The zero-order valence-electron chi connectivity index (χ0n) is 12.5. The third-order valence-electron chi connectivity index (χ3n) is 4.30. The van der Waals surface area contributed by atoms with Crippen LogP contribution in [0.3, 0.4) is 0 Å². The van der Waals surface area contributed by atoms with Crippen molar-refractivity contribution >= 4 is 16.3 Å². The fourth-order valence-corrected chi connectivity index (χ4v) is 4.36. The van der Waals surface area contributed by atoms with Gasteiger partial charge in [0.25, 0.3) is 0 Å². The zero-order chi connectivity index (χ0) is 15.1. The molecule has 1 saturated heterocycles. The van der Waals surface area contributed by atoms with Gasteiger partial charge in [-0.2, -0.15) is 4.52 Å². The Balaban J connectivity index is 1.81. The minimum atomic E-state index is 0.0241. The Kier molecular flexibility index (Phi) is 3.38. The highest BCUT2D eigenvalue weighted by Gasteiger charge is 2.36. The molecule has 0 aliphatic carbocycles. The van der Waals surface area contributed by atoms with Crippen molar-refractivity contribution in [3.8, 4) is 5.88 Å². The minimum Gasteiger partial charge on any atom is -0.492 e. The molecule has 3 aromatic rings. The van der Waals surface area contributed by atoms with Gasteiger partial charge < -0.3 is 14.4 Å². The molecule has 4 heterocycles. The molecule has 0 bridgehead atoms. The number of furan rings is 1. The van der Waals surface area contributed by atoms with Crippen LogP contribution >= 0.6 is 11.3 Å². The highest BCUT2D eigenvalue weighted by Crippen LogP contribution is 2.35. The Morgan fingerprint density at radius 2 is 2.27 bits per heavy atom. The summed E-state index contributed by atoms with van der Waals surface area (Å²) in [4.78, 5) is 7.55. The van der Waals surface area contributed by atoms with E-state index in [4.69, 9.17) is 4.42 Å². The van der Waals surface area contributed by atoms with Gasteiger partial charge in [0.05, 0.1) is 19.4 Å². The van der Waals surface area contributed by atoms with Crippen LogP contribution in [-0.4, -0.2) is 32.8 Å². The predicted molar refractivity (Wildman–Crippen MR) is 82.4 cm³/mol. The van der Waals surface area contributed by atoms with Crippen LogP contribution in [0.2, 0.25) is 0 Å². The molecule has 1 aliphatic rings. The number of aryl methyl sites for hydroxylation is 1. The third-order valence-corrected chi connectivity index (χ3v) is 5.39. The molecule has 0 spiro atoms. The quantitative estimate of drug-likeness (QED) is 0.763. The number of thiazole rings is 1. The molecular weight excluding hydrogens is 300 g/mol. The minimum absolute atomic E-state index is 0.0241. The first-order valence-electron chi connectivity index (χ1n) is 7.73. The summed E-state index contributed by atoms with van der Waals surface area (Å²) < 4.78 is 7.22. The molecule has 1 atom stereocenters. The van der Waals surface area contributed by atoms with Gasteiger partial charge in [-0.25, -0.2) is 4.98 Å². The molecule has 116 valence electrons. The summed E-state index contributed by atoms with van der Waals surface area (Å²) in [6.45, 7) is 4.20. The van der Waals surface area contributed by atoms with Gasteiger partial charge in [0, 0.05) is 19.3 Å². The Hall–Kier alpha value is -1.86. The summed E-state index contributed by atoms with van der Waals surface area (Å²) in [5.74, 6) is 1.86. The zero-order valence-corrected chi connectivity index (χ0v) is 13.3. The third kappa shape index (κ3) is 2.12. The van der Waals surface area contributed by atoms with E-state index in [0.29, 0.717) is 0 Å². The topological polar surface area (TPSA) is 68.0 Å². The van der Waals surface area contributed by atoms with E-state index in [2.05, 4.69) is 10.1 Å². The Morgan fingerprint density at radius 3 is 2.91 bits per heavy atom. The second kappa shape index (κ2) is 5.40. The lowest BCUT2D eigenvalue weighted by molar-refractivity contribution is -0.914. The lowest BCUT2D eigenvalue weighted by atomic mass is 10.1. The average molecular weight is 319 g/mol. The number of rotatable bonds is 4. The number of hydrogen-bond donors (Lipinski definition) is 2. The number of fused-ring (bicyclic) bond motifs is 1. The van der Waals surface area contributed by atoms with Crippen molar-refractivity contribution in [2.24, 2.45) is 0 Å². The average Bonchev–Trinajstić information content (AvgIpc) is 3.28. The molecule has 2 N–H and O–H groups in total. The Labute approximate surface area is 132 Å². The van der Waals surface area contributed by atoms with E-state index < -0.39 is 0 Å². The van der Waals surface area contributed by atoms with Crippen molar-refractivity contribution in [1.82, 2.24) is 14.6 Å². The van der Waals surface area contributed by atoms with Crippen molar-refractivity contribution < 1.29 is 14.4 Å². The first kappa shape index (κ1) is 13.8. The van der Waals surface area contributed by atoms with E-state index in [0.717, 1.165) is 40.9 Å². The first-order valence-corrected chi connectivity index (χ1v) is 8.55. The number of nitrogens with zero attached hydrogens (tertiary/aromatic N) is 3. The molecule has 0 unspecified atom stereocenters. The number of hydrogen-bond acceptors (Lipinski definition) is 5. The number of nitrogens with one attached hydrogen (secondary N) is 1. The molecule has 0 amide bonds. The van der Waals surface area contributed by atoms with Crippen molar-refractivity contribution in [1.29, 1.82) is 0 Å².